The highest BCUT2D eigenvalue weighted by Crippen LogP contribution is 2.32. The number of rotatable bonds is 6. The van der Waals surface area contributed by atoms with Crippen molar-refractivity contribution in [2.45, 2.75) is 20.0 Å². The molecule has 0 saturated heterocycles. The summed E-state index contributed by atoms with van der Waals surface area (Å²) in [4.78, 5) is 8.56. The summed E-state index contributed by atoms with van der Waals surface area (Å²) in [6, 6.07) is 24.8. The quantitative estimate of drug-likeness (QED) is 0.423. The lowest BCUT2D eigenvalue weighted by molar-refractivity contribution is 0.301. The standard InChI is InChI=1S/C25H22N2O/c1-2-19-7-10-22(27-17-19)18-28-23-11-8-20(9-12-23)24-5-3-4-6-25(24)21-13-15-26-16-14-21/h3-17H,2,18H2,1H3. The maximum atomic E-state index is 5.90. The van der Waals surface area contributed by atoms with Crippen LogP contribution in [0.25, 0.3) is 22.3 Å². The molecule has 0 fully saturated rings. The summed E-state index contributed by atoms with van der Waals surface area (Å²) in [5.74, 6) is 0.839. The number of hydrogen-bond acceptors (Lipinski definition) is 3. The fourth-order valence-electron chi connectivity index (χ4n) is 3.16. The monoisotopic (exact) mass is 366 g/mol. The predicted molar refractivity (Wildman–Crippen MR) is 113 cm³/mol. The molecule has 2 heterocycles. The molecule has 0 N–H and O–H groups in total. The van der Waals surface area contributed by atoms with E-state index in [1.54, 1.807) is 0 Å². The Kier molecular flexibility index (Phi) is 5.43. The zero-order chi connectivity index (χ0) is 19.2. The fraction of sp³-hybridized carbons (Fsp3) is 0.120. The molecule has 0 saturated carbocycles. The minimum atomic E-state index is 0.469. The molecule has 0 bridgehead atoms. The van der Waals surface area contributed by atoms with Gasteiger partial charge in [-0.15, -0.1) is 0 Å². The van der Waals surface area contributed by atoms with Gasteiger partial charge in [-0.3, -0.25) is 9.97 Å². The van der Waals surface area contributed by atoms with Gasteiger partial charge >= 0.3 is 0 Å². The fourth-order valence-corrected chi connectivity index (χ4v) is 3.16. The van der Waals surface area contributed by atoms with Gasteiger partial charge in [0.15, 0.2) is 0 Å². The van der Waals surface area contributed by atoms with Gasteiger partial charge < -0.3 is 4.74 Å². The van der Waals surface area contributed by atoms with Crippen LogP contribution in [0.5, 0.6) is 5.75 Å². The van der Waals surface area contributed by atoms with Crippen molar-refractivity contribution in [1.82, 2.24) is 9.97 Å². The lowest BCUT2D eigenvalue weighted by Gasteiger charge is -2.11. The van der Waals surface area contributed by atoms with E-state index >= 15 is 0 Å². The van der Waals surface area contributed by atoms with E-state index in [4.69, 9.17) is 4.74 Å². The van der Waals surface area contributed by atoms with E-state index in [-0.39, 0.29) is 0 Å². The van der Waals surface area contributed by atoms with E-state index in [2.05, 4.69) is 59.4 Å². The van der Waals surface area contributed by atoms with E-state index in [0.717, 1.165) is 29.0 Å². The molecule has 0 spiro atoms. The summed E-state index contributed by atoms with van der Waals surface area (Å²) in [6.45, 7) is 2.60. The molecule has 3 heteroatoms. The average Bonchev–Trinajstić information content (AvgIpc) is 2.79. The van der Waals surface area contributed by atoms with Crippen molar-refractivity contribution in [3.63, 3.8) is 0 Å². The zero-order valence-electron chi connectivity index (χ0n) is 15.9. The number of pyridine rings is 2. The Bertz CT molecular complexity index is 1030. The van der Waals surface area contributed by atoms with Crippen molar-refractivity contribution in [3.8, 4) is 28.0 Å². The van der Waals surface area contributed by atoms with E-state index in [1.807, 2.05) is 48.9 Å². The molecule has 28 heavy (non-hydrogen) atoms. The number of hydrogen-bond donors (Lipinski definition) is 0. The Labute approximate surface area is 165 Å². The largest absolute Gasteiger partial charge is 0.487 e. The number of aromatic nitrogens is 2. The number of aryl methyl sites for hydroxylation is 1. The third kappa shape index (κ3) is 4.09. The topological polar surface area (TPSA) is 35.0 Å². The van der Waals surface area contributed by atoms with E-state index in [0.29, 0.717) is 6.61 Å². The second-order valence-electron chi connectivity index (χ2n) is 6.61. The van der Waals surface area contributed by atoms with Crippen molar-refractivity contribution in [1.29, 1.82) is 0 Å². The average molecular weight is 366 g/mol. The van der Waals surface area contributed by atoms with Crippen LogP contribution in [0.2, 0.25) is 0 Å². The van der Waals surface area contributed by atoms with Crippen LogP contribution in [-0.2, 0) is 13.0 Å². The van der Waals surface area contributed by atoms with E-state index in [9.17, 15) is 0 Å². The molecule has 0 unspecified atom stereocenters. The van der Waals surface area contributed by atoms with Gasteiger partial charge in [-0.25, -0.2) is 0 Å². The lowest BCUT2D eigenvalue weighted by Crippen LogP contribution is -1.98. The van der Waals surface area contributed by atoms with E-state index in [1.165, 1.54) is 16.7 Å². The highest BCUT2D eigenvalue weighted by Gasteiger charge is 2.07. The maximum absolute atomic E-state index is 5.90. The van der Waals surface area contributed by atoms with Gasteiger partial charge in [0.25, 0.3) is 0 Å². The second kappa shape index (κ2) is 8.49. The van der Waals surface area contributed by atoms with Gasteiger partial charge in [-0.1, -0.05) is 49.4 Å². The Morgan fingerprint density at radius 2 is 1.43 bits per heavy atom. The van der Waals surface area contributed by atoms with Gasteiger partial charge in [0, 0.05) is 18.6 Å². The van der Waals surface area contributed by atoms with Crippen LogP contribution < -0.4 is 4.74 Å². The molecule has 0 aliphatic rings. The van der Waals surface area contributed by atoms with Crippen molar-refractivity contribution in [2.24, 2.45) is 0 Å². The molecule has 0 amide bonds. The molecule has 0 aliphatic heterocycles. The SMILES string of the molecule is CCc1ccc(COc2ccc(-c3ccccc3-c3ccncc3)cc2)nc1. The normalized spacial score (nSPS) is 10.6. The first-order valence-corrected chi connectivity index (χ1v) is 9.50. The smallest absolute Gasteiger partial charge is 0.130 e. The molecule has 4 aromatic rings. The Morgan fingerprint density at radius 3 is 2.04 bits per heavy atom. The number of benzene rings is 2. The molecule has 2 aromatic carbocycles. The Morgan fingerprint density at radius 1 is 0.750 bits per heavy atom. The van der Waals surface area contributed by atoms with Crippen molar-refractivity contribution >= 4 is 0 Å². The van der Waals surface area contributed by atoms with Crippen LogP contribution >= 0.6 is 0 Å². The molecule has 2 aromatic heterocycles. The van der Waals surface area contributed by atoms with Gasteiger partial charge in [0.05, 0.1) is 5.69 Å². The molecule has 4 rings (SSSR count). The second-order valence-corrected chi connectivity index (χ2v) is 6.61. The maximum Gasteiger partial charge on any atom is 0.130 e. The highest BCUT2D eigenvalue weighted by molar-refractivity contribution is 5.83. The molecular formula is C25H22N2O. The van der Waals surface area contributed by atoms with Crippen molar-refractivity contribution in [3.05, 3.63) is 103 Å². The number of ether oxygens (including phenoxy) is 1. The first-order valence-electron chi connectivity index (χ1n) is 9.50. The van der Waals surface area contributed by atoms with Crippen molar-refractivity contribution in [2.75, 3.05) is 0 Å². The molecular weight excluding hydrogens is 344 g/mol. The van der Waals surface area contributed by atoms with Crippen LogP contribution in [0.15, 0.2) is 91.4 Å². The van der Waals surface area contributed by atoms with Crippen LogP contribution in [0, 0.1) is 0 Å². The summed E-state index contributed by atoms with van der Waals surface area (Å²) in [5, 5.41) is 0. The summed E-state index contributed by atoms with van der Waals surface area (Å²) in [7, 11) is 0. The third-order valence-corrected chi connectivity index (χ3v) is 4.76. The molecule has 3 nitrogen and oxygen atoms in total. The molecule has 0 aliphatic carbocycles. The number of nitrogens with zero attached hydrogens (tertiary/aromatic N) is 2. The summed E-state index contributed by atoms with van der Waals surface area (Å²) < 4.78 is 5.90. The predicted octanol–water partition coefficient (Wildman–Crippen LogP) is 5.95. The summed E-state index contributed by atoms with van der Waals surface area (Å²) >= 11 is 0. The highest BCUT2D eigenvalue weighted by atomic mass is 16.5. The minimum Gasteiger partial charge on any atom is -0.487 e. The van der Waals surface area contributed by atoms with E-state index < -0.39 is 0 Å². The van der Waals surface area contributed by atoms with Gasteiger partial charge in [0.1, 0.15) is 12.4 Å². The van der Waals surface area contributed by atoms with Crippen LogP contribution in [0.3, 0.4) is 0 Å². The Hall–Kier alpha value is -3.46. The first kappa shape index (κ1) is 17.9. The van der Waals surface area contributed by atoms with Crippen molar-refractivity contribution < 1.29 is 4.74 Å². The van der Waals surface area contributed by atoms with Crippen LogP contribution in [0.1, 0.15) is 18.2 Å². The van der Waals surface area contributed by atoms with Gasteiger partial charge in [-0.2, -0.15) is 0 Å². The van der Waals surface area contributed by atoms with Crippen LogP contribution in [0.4, 0.5) is 0 Å². The zero-order valence-corrected chi connectivity index (χ0v) is 15.9. The third-order valence-electron chi connectivity index (χ3n) is 4.76. The lowest BCUT2D eigenvalue weighted by atomic mass is 9.95. The molecule has 0 atom stereocenters. The Balaban J connectivity index is 1.51. The molecule has 0 radical (unpaired) electrons. The van der Waals surface area contributed by atoms with Crippen LogP contribution in [-0.4, -0.2) is 9.97 Å². The van der Waals surface area contributed by atoms with Gasteiger partial charge in [0.2, 0.25) is 0 Å². The molecule has 138 valence electrons. The van der Waals surface area contributed by atoms with Gasteiger partial charge in [-0.05, 0) is 64.6 Å². The summed E-state index contributed by atoms with van der Waals surface area (Å²) in [6.07, 6.45) is 6.56. The minimum absolute atomic E-state index is 0.469. The first-order chi connectivity index (χ1) is 13.8. The summed E-state index contributed by atoms with van der Waals surface area (Å²) in [5.41, 5.74) is 6.87.